The lowest BCUT2D eigenvalue weighted by molar-refractivity contribution is -0.125. The standard InChI is InChI=1S/C16H18F2N4O.C10H15NO.C9H11F.C4H10.C2H6/c1-10-3-4-14(21(10)2)15(23)20-9-12-7-11-8-19-6-5-13(11)22(12)16(17)18;1-4-9(5-2)7-11-10(6-3)8-12;1-2-5-8-6-3-4-7-9(8)10;1-3-4-2;1-2/h5-8,14,16H,1,3-4,9H2,2H3,(H,20,23);4-6,8,11H,1,7H2,2-3H3;3-4,6-7H,2,5H2,1H3;3-4H2,1-2H3;1-2H3/b;9-5+,10-6+;;;. The second kappa shape index (κ2) is 27.2. The highest BCUT2D eigenvalue weighted by Crippen LogP contribution is 2.26. The van der Waals surface area contributed by atoms with Crippen molar-refractivity contribution in [3.8, 4) is 0 Å². The molecule has 1 saturated heterocycles. The van der Waals surface area contributed by atoms with Crippen LogP contribution in [0.2, 0.25) is 0 Å². The Bertz CT molecular complexity index is 1500. The maximum Gasteiger partial charge on any atom is 0.319 e. The van der Waals surface area contributed by atoms with Crippen LogP contribution in [0.5, 0.6) is 0 Å². The topological polar surface area (TPSA) is 79.3 Å². The maximum absolute atomic E-state index is 13.3. The SMILES string of the molecule is C=C/C(=C\C)CN/C(C=O)=C/C.C=C1CCC(C(=O)NCc2cc3cnccc3n2C(F)F)N1C.CC.CCCC.CCCc1ccccc1F. The fourth-order valence-corrected chi connectivity index (χ4v) is 4.68. The Kier molecular flexibility index (Phi) is 24.7. The Morgan fingerprint density at radius 3 is 2.22 bits per heavy atom. The number of unbranched alkanes of at least 4 members (excludes halogenated alkanes) is 1. The first-order valence-electron chi connectivity index (χ1n) is 17.8. The summed E-state index contributed by atoms with van der Waals surface area (Å²) in [6.07, 6.45) is 15.2. The molecule has 1 fully saturated rings. The molecule has 51 heavy (non-hydrogen) atoms. The van der Waals surface area contributed by atoms with E-state index in [-0.39, 0.29) is 24.3 Å². The number of benzene rings is 1. The summed E-state index contributed by atoms with van der Waals surface area (Å²) in [4.78, 5) is 28.4. The van der Waals surface area contributed by atoms with Crippen molar-refractivity contribution in [2.24, 2.45) is 0 Å². The molecule has 0 spiro atoms. The number of carbonyl (C=O) groups is 2. The van der Waals surface area contributed by atoms with E-state index in [2.05, 4.69) is 42.6 Å². The van der Waals surface area contributed by atoms with Crippen molar-refractivity contribution in [1.29, 1.82) is 0 Å². The number of allylic oxidation sites excluding steroid dienone is 4. The van der Waals surface area contributed by atoms with E-state index in [0.717, 1.165) is 46.9 Å². The molecular formula is C41H60F3N5O2. The number of aromatic nitrogens is 2. The monoisotopic (exact) mass is 711 g/mol. The first-order chi connectivity index (χ1) is 24.5. The number of pyridine rings is 1. The van der Waals surface area contributed by atoms with Crippen LogP contribution in [-0.4, -0.2) is 46.3 Å². The van der Waals surface area contributed by atoms with Gasteiger partial charge in [0, 0.05) is 42.8 Å². The molecule has 0 radical (unpaired) electrons. The molecule has 10 heteroatoms. The van der Waals surface area contributed by atoms with Crippen molar-refractivity contribution >= 4 is 23.1 Å². The van der Waals surface area contributed by atoms with E-state index >= 15 is 0 Å². The number of nitrogens with one attached hydrogen (secondary N) is 2. The van der Waals surface area contributed by atoms with Crippen molar-refractivity contribution in [1.82, 2.24) is 25.1 Å². The maximum atomic E-state index is 13.3. The van der Waals surface area contributed by atoms with Crippen LogP contribution in [0, 0.1) is 5.82 Å². The molecule has 2 N–H and O–H groups in total. The zero-order valence-electron chi connectivity index (χ0n) is 31.9. The second-order valence-corrected chi connectivity index (χ2v) is 11.3. The number of carbonyl (C=O) groups excluding carboxylic acids is 2. The highest BCUT2D eigenvalue weighted by atomic mass is 19.3. The van der Waals surface area contributed by atoms with Gasteiger partial charge in [0.15, 0.2) is 6.29 Å². The minimum absolute atomic E-state index is 0.0503. The van der Waals surface area contributed by atoms with Crippen LogP contribution in [0.3, 0.4) is 0 Å². The van der Waals surface area contributed by atoms with Gasteiger partial charge in [-0.05, 0) is 62.4 Å². The molecule has 0 aliphatic carbocycles. The van der Waals surface area contributed by atoms with Crippen LogP contribution in [0.15, 0.2) is 97.1 Å². The Hall–Kier alpha value is -4.60. The fourth-order valence-electron chi connectivity index (χ4n) is 4.68. The zero-order valence-corrected chi connectivity index (χ0v) is 31.9. The van der Waals surface area contributed by atoms with E-state index in [1.807, 2.05) is 64.8 Å². The number of likely N-dealkylation sites (N-methyl/N-ethyl adjacent to an activating group) is 1. The molecule has 1 aliphatic heterocycles. The quantitative estimate of drug-likeness (QED) is 0.111. The summed E-state index contributed by atoms with van der Waals surface area (Å²) in [5, 5.41) is 6.35. The largest absolute Gasteiger partial charge is 0.379 e. The van der Waals surface area contributed by atoms with Gasteiger partial charge >= 0.3 is 6.55 Å². The molecule has 1 unspecified atom stereocenters. The first kappa shape index (κ1) is 46.4. The number of alkyl halides is 2. The third-order valence-corrected chi connectivity index (χ3v) is 7.88. The third-order valence-electron chi connectivity index (χ3n) is 7.88. The van der Waals surface area contributed by atoms with Crippen molar-refractivity contribution in [2.75, 3.05) is 13.6 Å². The van der Waals surface area contributed by atoms with E-state index in [1.165, 1.54) is 31.3 Å². The van der Waals surface area contributed by atoms with Crippen LogP contribution in [0.25, 0.3) is 10.9 Å². The molecule has 3 heterocycles. The van der Waals surface area contributed by atoms with E-state index < -0.39 is 6.55 Å². The number of fused-ring (bicyclic) bond motifs is 1. The van der Waals surface area contributed by atoms with Crippen molar-refractivity contribution in [3.63, 3.8) is 0 Å². The third kappa shape index (κ3) is 16.3. The van der Waals surface area contributed by atoms with Crippen molar-refractivity contribution in [3.05, 3.63) is 114 Å². The molecule has 2 aromatic heterocycles. The highest BCUT2D eigenvalue weighted by Gasteiger charge is 2.29. The van der Waals surface area contributed by atoms with Crippen molar-refractivity contribution < 1.29 is 22.8 Å². The Balaban J connectivity index is 0.000000752. The number of likely N-dealkylation sites (tertiary alicyclic amines) is 1. The number of hydrogen-bond donors (Lipinski definition) is 2. The highest BCUT2D eigenvalue weighted by molar-refractivity contribution is 5.83. The number of hydrogen-bond acceptors (Lipinski definition) is 5. The number of aldehydes is 1. The fraction of sp³-hybridized carbons (Fsp3) is 0.439. The molecule has 7 nitrogen and oxygen atoms in total. The van der Waals surface area contributed by atoms with Gasteiger partial charge in [-0.25, -0.2) is 4.39 Å². The van der Waals surface area contributed by atoms with E-state index in [9.17, 15) is 22.8 Å². The molecule has 0 saturated carbocycles. The van der Waals surface area contributed by atoms with E-state index in [4.69, 9.17) is 0 Å². The summed E-state index contributed by atoms with van der Waals surface area (Å²) in [6.45, 7) is 19.7. The molecule has 1 aliphatic rings. The van der Waals surface area contributed by atoms with Gasteiger partial charge in [0.25, 0.3) is 0 Å². The van der Waals surface area contributed by atoms with Gasteiger partial charge in [-0.3, -0.25) is 19.1 Å². The lowest BCUT2D eigenvalue weighted by Gasteiger charge is -2.21. The van der Waals surface area contributed by atoms with Gasteiger partial charge in [-0.15, -0.1) is 0 Å². The van der Waals surface area contributed by atoms with E-state index in [1.54, 1.807) is 30.4 Å². The molecule has 1 aromatic carbocycles. The number of amides is 1. The summed E-state index contributed by atoms with van der Waals surface area (Å²) < 4.78 is 40.4. The molecule has 4 rings (SSSR count). The van der Waals surface area contributed by atoms with Crippen LogP contribution < -0.4 is 10.6 Å². The molecule has 0 bridgehead atoms. The zero-order chi connectivity index (χ0) is 38.8. The molecular weight excluding hydrogens is 651 g/mol. The van der Waals surface area contributed by atoms with Gasteiger partial charge in [0.2, 0.25) is 5.91 Å². The van der Waals surface area contributed by atoms with Gasteiger partial charge < -0.3 is 15.5 Å². The van der Waals surface area contributed by atoms with Crippen LogP contribution >= 0.6 is 0 Å². The van der Waals surface area contributed by atoms with Crippen LogP contribution in [0.4, 0.5) is 13.2 Å². The minimum Gasteiger partial charge on any atom is -0.379 e. The summed E-state index contributed by atoms with van der Waals surface area (Å²) >= 11 is 0. The number of halogens is 3. The van der Waals surface area contributed by atoms with Crippen LogP contribution in [-0.2, 0) is 22.6 Å². The van der Waals surface area contributed by atoms with E-state index in [0.29, 0.717) is 35.3 Å². The average molecular weight is 712 g/mol. The summed E-state index contributed by atoms with van der Waals surface area (Å²) in [5.41, 5.74) is 4.19. The first-order valence-corrected chi connectivity index (χ1v) is 17.8. The predicted octanol–water partition coefficient (Wildman–Crippen LogP) is 10.1. The van der Waals surface area contributed by atoms with Crippen LogP contribution in [0.1, 0.15) is 98.4 Å². The Morgan fingerprint density at radius 1 is 1.06 bits per heavy atom. The normalized spacial score (nSPS) is 13.8. The Morgan fingerprint density at radius 2 is 1.73 bits per heavy atom. The van der Waals surface area contributed by atoms with Gasteiger partial charge in [-0.1, -0.05) is 103 Å². The molecule has 1 amide bonds. The molecule has 282 valence electrons. The smallest absolute Gasteiger partial charge is 0.319 e. The number of rotatable bonds is 12. The lowest BCUT2D eigenvalue weighted by Crippen LogP contribution is -2.40. The minimum atomic E-state index is -2.67. The summed E-state index contributed by atoms with van der Waals surface area (Å²) in [5.74, 6) is -0.250. The summed E-state index contributed by atoms with van der Waals surface area (Å²) in [6, 6.07) is 9.81. The Labute approximate surface area is 304 Å². The van der Waals surface area contributed by atoms with Crippen molar-refractivity contribution in [2.45, 2.75) is 106 Å². The van der Waals surface area contributed by atoms with Gasteiger partial charge in [0.05, 0.1) is 17.8 Å². The van der Waals surface area contributed by atoms with Gasteiger partial charge in [-0.2, -0.15) is 8.78 Å². The predicted molar refractivity (Wildman–Crippen MR) is 207 cm³/mol. The number of nitrogens with zero attached hydrogens (tertiary/aromatic N) is 3. The summed E-state index contributed by atoms with van der Waals surface area (Å²) in [7, 11) is 1.82. The molecule has 3 aromatic rings. The molecule has 1 atom stereocenters. The van der Waals surface area contributed by atoms with Gasteiger partial charge in [0.1, 0.15) is 11.9 Å². The second-order valence-electron chi connectivity index (χ2n) is 11.3. The average Bonchev–Trinajstić information content (AvgIpc) is 3.70. The number of aryl methyl sites for hydroxylation is 1. The lowest BCUT2D eigenvalue weighted by atomic mass is 10.1.